The third-order valence-corrected chi connectivity index (χ3v) is 5.40. The molecule has 0 aliphatic carbocycles. The van der Waals surface area contributed by atoms with E-state index in [1.807, 2.05) is 25.8 Å². The van der Waals surface area contributed by atoms with Crippen molar-refractivity contribution in [1.82, 2.24) is 20.4 Å². The van der Waals surface area contributed by atoms with Gasteiger partial charge in [0.1, 0.15) is 0 Å². The van der Waals surface area contributed by atoms with Crippen molar-refractivity contribution in [3.05, 3.63) is 0 Å². The van der Waals surface area contributed by atoms with Crippen LogP contribution in [0.2, 0.25) is 0 Å². The van der Waals surface area contributed by atoms with Gasteiger partial charge >= 0.3 is 0 Å². The second-order valence-corrected chi connectivity index (χ2v) is 8.12. The van der Waals surface area contributed by atoms with Gasteiger partial charge in [-0.1, -0.05) is 13.8 Å². The summed E-state index contributed by atoms with van der Waals surface area (Å²) in [5, 5.41) is 7.00. The molecular weight excluding hydrogens is 441 g/mol. The molecule has 0 bridgehead atoms. The number of hydrogen-bond acceptors (Lipinski definition) is 3. The Morgan fingerprint density at radius 2 is 1.88 bits per heavy atom. The molecule has 2 heterocycles. The summed E-state index contributed by atoms with van der Waals surface area (Å²) in [7, 11) is 1.82. The van der Waals surface area contributed by atoms with E-state index in [1.54, 1.807) is 0 Å². The zero-order valence-electron chi connectivity index (χ0n) is 17.1. The number of amides is 1. The summed E-state index contributed by atoms with van der Waals surface area (Å²) < 4.78 is 0. The lowest BCUT2D eigenvalue weighted by molar-refractivity contribution is -0.133. The second-order valence-electron chi connectivity index (χ2n) is 8.12. The Balaban J connectivity index is 0.00000338. The first kappa shape index (κ1) is 23.5. The molecule has 7 heteroatoms. The highest BCUT2D eigenvalue weighted by Gasteiger charge is 2.28. The normalized spacial score (nSPS) is 24.7. The lowest BCUT2D eigenvalue weighted by Crippen LogP contribution is -2.48. The fraction of sp³-hybridized carbons (Fsp3) is 0.895. The molecule has 152 valence electrons. The van der Waals surface area contributed by atoms with Crippen LogP contribution in [0.4, 0.5) is 0 Å². The Morgan fingerprint density at radius 3 is 2.50 bits per heavy atom. The Morgan fingerprint density at radius 1 is 1.15 bits per heavy atom. The van der Waals surface area contributed by atoms with Crippen molar-refractivity contribution >= 4 is 35.8 Å². The van der Waals surface area contributed by atoms with Gasteiger partial charge in [0.15, 0.2) is 5.96 Å². The van der Waals surface area contributed by atoms with Crippen LogP contribution >= 0.6 is 24.0 Å². The third-order valence-electron chi connectivity index (χ3n) is 5.40. The van der Waals surface area contributed by atoms with Crippen molar-refractivity contribution in [2.75, 3.05) is 39.8 Å². The van der Waals surface area contributed by atoms with Gasteiger partial charge in [0.2, 0.25) is 5.91 Å². The van der Waals surface area contributed by atoms with Crippen LogP contribution in [0.15, 0.2) is 4.99 Å². The summed E-state index contributed by atoms with van der Waals surface area (Å²) in [6, 6.07) is 0.927. The second kappa shape index (κ2) is 11.3. The first-order valence-corrected chi connectivity index (χ1v) is 9.90. The fourth-order valence-corrected chi connectivity index (χ4v) is 3.81. The minimum absolute atomic E-state index is 0. The van der Waals surface area contributed by atoms with Crippen molar-refractivity contribution in [1.29, 1.82) is 0 Å². The number of carbonyl (C=O) groups is 1. The molecule has 2 fully saturated rings. The third kappa shape index (κ3) is 6.87. The van der Waals surface area contributed by atoms with Crippen LogP contribution in [0.25, 0.3) is 0 Å². The highest BCUT2D eigenvalue weighted by Crippen LogP contribution is 2.18. The molecule has 0 aromatic heterocycles. The number of rotatable bonds is 5. The molecule has 0 aromatic carbocycles. The zero-order chi connectivity index (χ0) is 18.4. The number of nitrogens with zero attached hydrogens (tertiary/aromatic N) is 3. The monoisotopic (exact) mass is 479 g/mol. The molecule has 1 amide bonds. The van der Waals surface area contributed by atoms with E-state index in [-0.39, 0.29) is 35.8 Å². The van der Waals surface area contributed by atoms with Crippen molar-refractivity contribution in [3.63, 3.8) is 0 Å². The molecule has 2 aliphatic rings. The first-order valence-electron chi connectivity index (χ1n) is 9.90. The summed E-state index contributed by atoms with van der Waals surface area (Å²) in [6.45, 7) is 13.5. The van der Waals surface area contributed by atoms with Gasteiger partial charge in [-0.15, -0.1) is 24.0 Å². The molecular formula is C19H38IN5O. The van der Waals surface area contributed by atoms with Crippen LogP contribution in [0.5, 0.6) is 0 Å². The number of guanidine groups is 1. The van der Waals surface area contributed by atoms with E-state index in [0.717, 1.165) is 32.0 Å². The SMILES string of the molecule is CN=C(NCC1CCCN(C(C)C)C1)NC1CCN(C(=O)C(C)C)C1.I. The van der Waals surface area contributed by atoms with E-state index < -0.39 is 0 Å². The van der Waals surface area contributed by atoms with Gasteiger partial charge in [-0.3, -0.25) is 9.79 Å². The van der Waals surface area contributed by atoms with Gasteiger partial charge in [0.05, 0.1) is 0 Å². The van der Waals surface area contributed by atoms with Crippen LogP contribution in [-0.2, 0) is 4.79 Å². The Labute approximate surface area is 176 Å². The molecule has 0 radical (unpaired) electrons. The zero-order valence-corrected chi connectivity index (χ0v) is 19.5. The first-order chi connectivity index (χ1) is 11.9. The molecule has 2 unspecified atom stereocenters. The van der Waals surface area contributed by atoms with Gasteiger partial charge in [-0.05, 0) is 45.6 Å². The summed E-state index contributed by atoms with van der Waals surface area (Å²) in [5.41, 5.74) is 0. The van der Waals surface area contributed by atoms with Gasteiger partial charge < -0.3 is 20.4 Å². The van der Waals surface area contributed by atoms with E-state index in [1.165, 1.54) is 25.9 Å². The van der Waals surface area contributed by atoms with Crippen LogP contribution in [0.1, 0.15) is 47.0 Å². The standard InChI is InChI=1S/C19H37N5O.HI/c1-14(2)18(25)24-10-8-17(13-24)22-19(20-5)21-11-16-7-6-9-23(12-16)15(3)4;/h14-17H,6-13H2,1-5H3,(H2,20,21,22);1H. The number of halogens is 1. The maximum Gasteiger partial charge on any atom is 0.225 e. The number of hydrogen-bond donors (Lipinski definition) is 2. The Kier molecular flexibility index (Phi) is 10.2. The fourth-order valence-electron chi connectivity index (χ4n) is 3.81. The van der Waals surface area contributed by atoms with E-state index in [0.29, 0.717) is 18.0 Å². The number of likely N-dealkylation sites (tertiary alicyclic amines) is 2. The quantitative estimate of drug-likeness (QED) is 0.361. The summed E-state index contributed by atoms with van der Waals surface area (Å²) in [5.74, 6) is 1.87. The Hall–Kier alpha value is -0.570. The average molecular weight is 479 g/mol. The average Bonchev–Trinajstić information content (AvgIpc) is 3.06. The smallest absolute Gasteiger partial charge is 0.225 e. The minimum atomic E-state index is 0. The van der Waals surface area contributed by atoms with Crippen molar-refractivity contribution in [2.24, 2.45) is 16.8 Å². The molecule has 26 heavy (non-hydrogen) atoms. The largest absolute Gasteiger partial charge is 0.356 e. The molecule has 2 saturated heterocycles. The number of nitrogens with one attached hydrogen (secondary N) is 2. The highest BCUT2D eigenvalue weighted by molar-refractivity contribution is 14.0. The minimum Gasteiger partial charge on any atom is -0.356 e. The van der Waals surface area contributed by atoms with Crippen LogP contribution in [0.3, 0.4) is 0 Å². The molecule has 2 atom stereocenters. The molecule has 2 rings (SSSR count). The molecule has 0 spiro atoms. The van der Waals surface area contributed by atoms with Crippen molar-refractivity contribution in [3.8, 4) is 0 Å². The Bertz CT molecular complexity index is 469. The van der Waals surface area contributed by atoms with Crippen LogP contribution < -0.4 is 10.6 Å². The van der Waals surface area contributed by atoms with Gasteiger partial charge in [0, 0.05) is 51.2 Å². The van der Waals surface area contributed by atoms with Crippen LogP contribution in [0, 0.1) is 11.8 Å². The van der Waals surface area contributed by atoms with E-state index in [2.05, 4.69) is 34.4 Å². The topological polar surface area (TPSA) is 60.0 Å². The van der Waals surface area contributed by atoms with E-state index in [4.69, 9.17) is 0 Å². The highest BCUT2D eigenvalue weighted by atomic mass is 127. The molecule has 6 nitrogen and oxygen atoms in total. The lowest BCUT2D eigenvalue weighted by Gasteiger charge is -2.35. The van der Waals surface area contributed by atoms with E-state index in [9.17, 15) is 4.79 Å². The van der Waals surface area contributed by atoms with Gasteiger partial charge in [-0.2, -0.15) is 0 Å². The summed E-state index contributed by atoms with van der Waals surface area (Å²) >= 11 is 0. The molecule has 2 N–H and O–H groups in total. The van der Waals surface area contributed by atoms with Gasteiger partial charge in [-0.25, -0.2) is 0 Å². The molecule has 0 saturated carbocycles. The summed E-state index contributed by atoms with van der Waals surface area (Å²) in [4.78, 5) is 21.0. The van der Waals surface area contributed by atoms with Crippen molar-refractivity contribution < 1.29 is 4.79 Å². The number of aliphatic imine (C=N–C) groups is 1. The molecule has 0 aromatic rings. The van der Waals surface area contributed by atoms with Crippen LogP contribution in [-0.4, -0.2) is 73.5 Å². The predicted molar refractivity (Wildman–Crippen MR) is 119 cm³/mol. The number of carbonyl (C=O) groups excluding carboxylic acids is 1. The molecule has 2 aliphatic heterocycles. The summed E-state index contributed by atoms with van der Waals surface area (Å²) in [6.07, 6.45) is 3.56. The maximum atomic E-state index is 12.1. The lowest BCUT2D eigenvalue weighted by atomic mass is 9.97. The van der Waals surface area contributed by atoms with Crippen molar-refractivity contribution in [2.45, 2.75) is 59.0 Å². The van der Waals surface area contributed by atoms with Gasteiger partial charge in [0.25, 0.3) is 0 Å². The van der Waals surface area contributed by atoms with E-state index >= 15 is 0 Å². The predicted octanol–water partition coefficient (Wildman–Crippen LogP) is 2.15. The number of piperidine rings is 1. The maximum absolute atomic E-state index is 12.1.